The van der Waals surface area contributed by atoms with E-state index >= 15 is 0 Å². The van der Waals surface area contributed by atoms with E-state index in [9.17, 15) is 9.59 Å². The number of anilines is 1. The zero-order valence-electron chi connectivity index (χ0n) is 19.5. The van der Waals surface area contributed by atoms with Crippen molar-refractivity contribution in [2.45, 2.75) is 64.1 Å². The predicted molar refractivity (Wildman–Crippen MR) is 137 cm³/mol. The molecule has 0 bridgehead atoms. The van der Waals surface area contributed by atoms with Crippen molar-refractivity contribution in [3.8, 4) is 0 Å². The number of benzene rings is 1. The number of ether oxygens (including phenoxy) is 1. The summed E-state index contributed by atoms with van der Waals surface area (Å²) in [5.74, 6) is 0.121. The van der Waals surface area contributed by atoms with E-state index in [2.05, 4.69) is 31.3 Å². The van der Waals surface area contributed by atoms with Crippen LogP contribution in [0.2, 0.25) is 0 Å². The van der Waals surface area contributed by atoms with Crippen LogP contribution in [-0.2, 0) is 41.8 Å². The predicted octanol–water partition coefficient (Wildman–Crippen LogP) is 4.84. The van der Waals surface area contributed by atoms with Gasteiger partial charge < -0.3 is 10.1 Å². The van der Waals surface area contributed by atoms with Crippen molar-refractivity contribution in [1.29, 1.82) is 0 Å². The number of thiophene rings is 1. The summed E-state index contributed by atoms with van der Waals surface area (Å²) in [4.78, 5) is 33.3. The van der Waals surface area contributed by atoms with Gasteiger partial charge in [0.15, 0.2) is 5.16 Å². The Kier molecular flexibility index (Phi) is 7.88. The van der Waals surface area contributed by atoms with Crippen LogP contribution < -0.4 is 10.9 Å². The number of nitrogens with zero attached hydrogens (tertiary/aromatic N) is 2. The Morgan fingerprint density at radius 1 is 1.24 bits per heavy atom. The van der Waals surface area contributed by atoms with E-state index in [1.807, 2.05) is 6.07 Å². The lowest BCUT2D eigenvalue weighted by atomic mass is 10.0. The first-order valence-electron chi connectivity index (χ1n) is 11.6. The molecule has 0 fully saturated rings. The average Bonchev–Trinajstić information content (AvgIpc) is 3.40. The van der Waals surface area contributed by atoms with Crippen LogP contribution in [-0.4, -0.2) is 34.9 Å². The molecule has 0 spiro atoms. The third-order valence-electron chi connectivity index (χ3n) is 6.12. The van der Waals surface area contributed by atoms with Crippen molar-refractivity contribution in [3.63, 3.8) is 0 Å². The van der Waals surface area contributed by atoms with E-state index in [0.717, 1.165) is 65.6 Å². The Bertz CT molecular complexity index is 1190. The third-order valence-corrected chi connectivity index (χ3v) is 8.28. The van der Waals surface area contributed by atoms with Gasteiger partial charge in [0.1, 0.15) is 4.83 Å². The number of aryl methyl sites for hydroxylation is 4. The van der Waals surface area contributed by atoms with Gasteiger partial charge in [-0.1, -0.05) is 43.8 Å². The van der Waals surface area contributed by atoms with Crippen LogP contribution in [0.1, 0.15) is 48.3 Å². The zero-order chi connectivity index (χ0) is 23.4. The summed E-state index contributed by atoms with van der Waals surface area (Å²) in [5, 5.41) is 4.50. The van der Waals surface area contributed by atoms with Crippen molar-refractivity contribution < 1.29 is 9.53 Å². The van der Waals surface area contributed by atoms with E-state index in [4.69, 9.17) is 9.72 Å². The summed E-state index contributed by atoms with van der Waals surface area (Å²) in [6.45, 7) is 5.29. The number of aromatic nitrogens is 2. The molecule has 1 amide bonds. The third kappa shape index (κ3) is 5.03. The SMILES string of the molecule is CCc1cccc(CC)c1NC(=O)CSc1nc2sc3c(c2c(=O)n1CCCOC)CCC3. The van der Waals surface area contributed by atoms with E-state index in [0.29, 0.717) is 18.3 Å². The number of rotatable bonds is 10. The van der Waals surface area contributed by atoms with Crippen LogP contribution in [0.25, 0.3) is 10.2 Å². The number of para-hydroxylation sites is 1. The molecular weight excluding hydrogens is 454 g/mol. The molecule has 0 unspecified atom stereocenters. The Hall–Kier alpha value is -2.16. The first kappa shape index (κ1) is 24.0. The van der Waals surface area contributed by atoms with Crippen LogP contribution in [0.4, 0.5) is 5.69 Å². The highest BCUT2D eigenvalue weighted by Crippen LogP contribution is 2.35. The Labute approximate surface area is 202 Å². The molecule has 0 atom stereocenters. The smallest absolute Gasteiger partial charge is 0.263 e. The molecule has 2 heterocycles. The molecule has 0 saturated carbocycles. The maximum absolute atomic E-state index is 13.4. The quantitative estimate of drug-likeness (QED) is 0.253. The molecule has 0 aliphatic heterocycles. The molecule has 3 aromatic rings. The number of fused-ring (bicyclic) bond motifs is 3. The molecule has 8 heteroatoms. The summed E-state index contributed by atoms with van der Waals surface area (Å²) in [7, 11) is 1.66. The first-order chi connectivity index (χ1) is 16.1. The molecule has 1 aliphatic carbocycles. The summed E-state index contributed by atoms with van der Waals surface area (Å²) in [6, 6.07) is 6.15. The maximum Gasteiger partial charge on any atom is 0.263 e. The van der Waals surface area contributed by atoms with Gasteiger partial charge in [-0.2, -0.15) is 0 Å². The number of carbonyl (C=O) groups excluding carboxylic acids is 1. The highest BCUT2D eigenvalue weighted by Gasteiger charge is 2.23. The summed E-state index contributed by atoms with van der Waals surface area (Å²) in [5.41, 5.74) is 4.39. The van der Waals surface area contributed by atoms with Gasteiger partial charge in [0, 0.05) is 30.8 Å². The summed E-state index contributed by atoms with van der Waals surface area (Å²) < 4.78 is 6.93. The van der Waals surface area contributed by atoms with Gasteiger partial charge >= 0.3 is 0 Å². The largest absolute Gasteiger partial charge is 0.385 e. The van der Waals surface area contributed by atoms with E-state index in [1.54, 1.807) is 23.0 Å². The second-order valence-electron chi connectivity index (χ2n) is 8.23. The zero-order valence-corrected chi connectivity index (χ0v) is 21.2. The first-order valence-corrected chi connectivity index (χ1v) is 13.4. The van der Waals surface area contributed by atoms with Gasteiger partial charge in [-0.25, -0.2) is 4.98 Å². The van der Waals surface area contributed by atoms with Crippen LogP contribution in [0.5, 0.6) is 0 Å². The Morgan fingerprint density at radius 2 is 2.00 bits per heavy atom. The van der Waals surface area contributed by atoms with Crippen molar-refractivity contribution in [1.82, 2.24) is 9.55 Å². The molecule has 2 aromatic heterocycles. The molecule has 176 valence electrons. The second kappa shape index (κ2) is 10.8. The van der Waals surface area contributed by atoms with Gasteiger partial charge in [-0.15, -0.1) is 11.3 Å². The van der Waals surface area contributed by atoms with Crippen LogP contribution in [0.15, 0.2) is 28.2 Å². The van der Waals surface area contributed by atoms with Gasteiger partial charge in [-0.05, 0) is 55.2 Å². The molecule has 1 N–H and O–H groups in total. The van der Waals surface area contributed by atoms with E-state index in [-0.39, 0.29) is 17.2 Å². The van der Waals surface area contributed by atoms with Crippen molar-refractivity contribution in [3.05, 3.63) is 50.1 Å². The lowest BCUT2D eigenvalue weighted by Gasteiger charge is -2.15. The molecule has 1 aliphatic rings. The fourth-order valence-corrected chi connectivity index (χ4v) is 6.57. The van der Waals surface area contributed by atoms with E-state index < -0.39 is 0 Å². The number of nitrogens with one attached hydrogen (secondary N) is 1. The average molecular weight is 486 g/mol. The van der Waals surface area contributed by atoms with Crippen molar-refractivity contribution >= 4 is 44.9 Å². The minimum absolute atomic E-state index is 0.0167. The molecule has 0 saturated heterocycles. The van der Waals surface area contributed by atoms with E-state index in [1.165, 1.54) is 22.2 Å². The molecule has 6 nitrogen and oxygen atoms in total. The van der Waals surface area contributed by atoms with Crippen LogP contribution >= 0.6 is 23.1 Å². The molecule has 33 heavy (non-hydrogen) atoms. The fourth-order valence-electron chi connectivity index (χ4n) is 4.44. The normalized spacial score (nSPS) is 12.9. The highest BCUT2D eigenvalue weighted by molar-refractivity contribution is 7.99. The summed E-state index contributed by atoms with van der Waals surface area (Å²) in [6.07, 6.45) is 5.53. The number of hydrogen-bond acceptors (Lipinski definition) is 6. The highest BCUT2D eigenvalue weighted by atomic mass is 32.2. The Morgan fingerprint density at radius 3 is 2.70 bits per heavy atom. The van der Waals surface area contributed by atoms with Crippen molar-refractivity contribution in [2.24, 2.45) is 0 Å². The molecule has 1 aromatic carbocycles. The molecule has 0 radical (unpaired) electrons. The van der Waals surface area contributed by atoms with Crippen LogP contribution in [0, 0.1) is 0 Å². The molecular formula is C25H31N3O3S2. The number of hydrogen-bond donors (Lipinski definition) is 1. The van der Waals surface area contributed by atoms with Gasteiger partial charge in [-0.3, -0.25) is 14.2 Å². The second-order valence-corrected chi connectivity index (χ2v) is 10.3. The molecule has 4 rings (SSSR count). The van der Waals surface area contributed by atoms with Gasteiger partial charge in [0.25, 0.3) is 5.56 Å². The monoisotopic (exact) mass is 485 g/mol. The number of amides is 1. The lowest BCUT2D eigenvalue weighted by molar-refractivity contribution is -0.113. The standard InChI is InChI=1S/C25H31N3O3S2/c1-4-16-9-6-10-17(5-2)22(16)26-20(29)15-32-25-27-23-21(18-11-7-12-19(18)33-23)24(30)28(25)13-8-14-31-3/h6,9-10H,4-5,7-8,11-15H2,1-3H3,(H,26,29). The fraction of sp³-hybridized carbons (Fsp3) is 0.480. The minimum atomic E-state index is -0.0814. The Balaban J connectivity index is 1.58. The minimum Gasteiger partial charge on any atom is -0.385 e. The van der Waals surface area contributed by atoms with Gasteiger partial charge in [0.05, 0.1) is 11.1 Å². The lowest BCUT2D eigenvalue weighted by Crippen LogP contribution is -2.25. The number of thioether (sulfide) groups is 1. The number of carbonyl (C=O) groups is 1. The van der Waals surface area contributed by atoms with Crippen molar-refractivity contribution in [2.75, 3.05) is 24.8 Å². The maximum atomic E-state index is 13.4. The topological polar surface area (TPSA) is 73.2 Å². The summed E-state index contributed by atoms with van der Waals surface area (Å²) >= 11 is 2.97. The van der Waals surface area contributed by atoms with Crippen LogP contribution in [0.3, 0.4) is 0 Å². The number of methoxy groups -OCH3 is 1. The van der Waals surface area contributed by atoms with Gasteiger partial charge in [0.2, 0.25) is 5.91 Å².